The van der Waals surface area contributed by atoms with Crippen LogP contribution < -0.4 is 10.9 Å². The molecule has 0 bridgehead atoms. The van der Waals surface area contributed by atoms with Gasteiger partial charge in [0.25, 0.3) is 5.56 Å². The Morgan fingerprint density at radius 2 is 2.04 bits per heavy atom. The molecule has 0 radical (unpaired) electrons. The third-order valence-corrected chi connectivity index (χ3v) is 5.63. The molecule has 3 rings (SSSR count). The molecule has 142 valence electrons. The number of aryl methyl sites for hydroxylation is 3. The zero-order valence-electron chi connectivity index (χ0n) is 15.9. The summed E-state index contributed by atoms with van der Waals surface area (Å²) in [6.07, 6.45) is 0.642. The summed E-state index contributed by atoms with van der Waals surface area (Å²) in [5.74, 6) is -0.0833. The van der Waals surface area contributed by atoms with Crippen LogP contribution in [0.15, 0.2) is 33.5 Å². The lowest BCUT2D eigenvalue weighted by Crippen LogP contribution is -2.28. The van der Waals surface area contributed by atoms with Crippen LogP contribution in [0.5, 0.6) is 0 Å². The first kappa shape index (κ1) is 19.4. The molecule has 2 aromatic heterocycles. The highest BCUT2D eigenvalue weighted by Crippen LogP contribution is 2.23. The number of nitrogens with zero attached hydrogens (tertiary/aromatic N) is 2. The molecule has 3 aromatic rings. The molecule has 1 unspecified atom stereocenters. The van der Waals surface area contributed by atoms with Crippen molar-refractivity contribution in [3.63, 3.8) is 0 Å². The summed E-state index contributed by atoms with van der Waals surface area (Å²) in [4.78, 5) is 27.8. The van der Waals surface area contributed by atoms with E-state index in [-0.39, 0.29) is 23.9 Å². The van der Waals surface area contributed by atoms with Crippen molar-refractivity contribution in [3.8, 4) is 0 Å². The number of aromatic amines is 1. The van der Waals surface area contributed by atoms with E-state index in [1.807, 2.05) is 45.0 Å². The van der Waals surface area contributed by atoms with Crippen molar-refractivity contribution < 1.29 is 4.79 Å². The number of benzene rings is 1. The Balaban J connectivity index is 1.75. The smallest absolute Gasteiger partial charge is 0.253 e. The van der Waals surface area contributed by atoms with E-state index in [0.717, 1.165) is 26.7 Å². The summed E-state index contributed by atoms with van der Waals surface area (Å²) < 4.78 is 2.64. The summed E-state index contributed by atoms with van der Waals surface area (Å²) in [6.45, 7) is 5.79. The Hall–Kier alpha value is -2.41. The van der Waals surface area contributed by atoms with Crippen LogP contribution in [-0.2, 0) is 18.3 Å². The number of hydrogen-bond acceptors (Lipinski definition) is 3. The van der Waals surface area contributed by atoms with Crippen molar-refractivity contribution in [1.82, 2.24) is 20.1 Å². The maximum absolute atomic E-state index is 12.5. The Morgan fingerprint density at radius 1 is 1.33 bits per heavy atom. The fourth-order valence-corrected chi connectivity index (χ4v) is 4.14. The van der Waals surface area contributed by atoms with Crippen LogP contribution in [0.3, 0.4) is 0 Å². The number of rotatable bonds is 5. The van der Waals surface area contributed by atoms with Gasteiger partial charge < -0.3 is 10.3 Å². The van der Waals surface area contributed by atoms with Crippen LogP contribution in [0, 0.1) is 13.8 Å². The number of aromatic nitrogens is 3. The molecular formula is C20H23BrN4O2. The molecule has 0 aliphatic rings. The molecule has 0 saturated heterocycles. The molecule has 0 saturated carbocycles. The van der Waals surface area contributed by atoms with Gasteiger partial charge in [-0.15, -0.1) is 0 Å². The van der Waals surface area contributed by atoms with Gasteiger partial charge in [-0.05, 0) is 44.4 Å². The SMILES string of the molecule is Cc1nn(C)c2[nH]c(=O)c(CCC(=O)NC(C)c3ccccc3Br)c(C)c12. The highest BCUT2D eigenvalue weighted by atomic mass is 79.9. The second-order valence-corrected chi connectivity index (χ2v) is 7.66. The van der Waals surface area contributed by atoms with Gasteiger partial charge in [0.15, 0.2) is 0 Å². The van der Waals surface area contributed by atoms with E-state index in [4.69, 9.17) is 0 Å². The van der Waals surface area contributed by atoms with E-state index in [9.17, 15) is 9.59 Å². The van der Waals surface area contributed by atoms with Gasteiger partial charge in [0.1, 0.15) is 5.65 Å². The van der Waals surface area contributed by atoms with Gasteiger partial charge in [-0.1, -0.05) is 34.1 Å². The molecule has 6 nitrogen and oxygen atoms in total. The van der Waals surface area contributed by atoms with Crippen molar-refractivity contribution in [3.05, 3.63) is 61.5 Å². The van der Waals surface area contributed by atoms with Crippen LogP contribution in [-0.4, -0.2) is 20.7 Å². The van der Waals surface area contributed by atoms with Crippen molar-refractivity contribution in [1.29, 1.82) is 0 Å². The average molecular weight is 431 g/mol. The largest absolute Gasteiger partial charge is 0.350 e. The first-order valence-corrected chi connectivity index (χ1v) is 9.67. The number of H-pyrrole nitrogens is 1. The molecule has 7 heteroatoms. The van der Waals surface area contributed by atoms with Crippen LogP contribution in [0.1, 0.15) is 41.8 Å². The standard InChI is InChI=1S/C20H23BrN4O2/c1-11-14(20(27)23-19-18(11)13(3)24-25(19)4)9-10-17(26)22-12(2)15-7-5-6-8-16(15)21/h5-8,12H,9-10H2,1-4H3,(H,22,26)(H,23,27). The lowest BCUT2D eigenvalue weighted by Gasteiger charge is -2.16. The maximum atomic E-state index is 12.5. The van der Waals surface area contributed by atoms with Crippen LogP contribution in [0.25, 0.3) is 11.0 Å². The van der Waals surface area contributed by atoms with Crippen molar-refractivity contribution in [2.24, 2.45) is 7.05 Å². The van der Waals surface area contributed by atoms with E-state index >= 15 is 0 Å². The minimum Gasteiger partial charge on any atom is -0.350 e. The second-order valence-electron chi connectivity index (χ2n) is 6.80. The second kappa shape index (κ2) is 7.68. The van der Waals surface area contributed by atoms with Gasteiger partial charge in [0, 0.05) is 28.9 Å². The monoisotopic (exact) mass is 430 g/mol. The predicted octanol–water partition coefficient (Wildman–Crippen LogP) is 3.45. The first-order chi connectivity index (χ1) is 12.8. The molecule has 0 aliphatic heterocycles. The van der Waals surface area contributed by atoms with Gasteiger partial charge in [-0.3, -0.25) is 14.3 Å². The zero-order chi connectivity index (χ0) is 19.7. The van der Waals surface area contributed by atoms with Gasteiger partial charge in [0.2, 0.25) is 5.91 Å². The van der Waals surface area contributed by atoms with Gasteiger partial charge >= 0.3 is 0 Å². The number of pyridine rings is 1. The minimum absolute atomic E-state index is 0.0833. The van der Waals surface area contributed by atoms with E-state index in [2.05, 4.69) is 31.3 Å². The molecular weight excluding hydrogens is 408 g/mol. The van der Waals surface area contributed by atoms with Crippen molar-refractivity contribution >= 4 is 32.9 Å². The summed E-state index contributed by atoms with van der Waals surface area (Å²) in [5, 5.41) is 8.33. The third kappa shape index (κ3) is 3.83. The number of amides is 1. The van der Waals surface area contributed by atoms with E-state index in [0.29, 0.717) is 17.6 Å². The van der Waals surface area contributed by atoms with Crippen LogP contribution >= 0.6 is 15.9 Å². The maximum Gasteiger partial charge on any atom is 0.253 e. The average Bonchev–Trinajstić information content (AvgIpc) is 2.88. The summed E-state index contributed by atoms with van der Waals surface area (Å²) in [5.41, 5.74) is 3.98. The number of carbonyl (C=O) groups is 1. The van der Waals surface area contributed by atoms with Crippen LogP contribution in [0.2, 0.25) is 0 Å². The predicted molar refractivity (Wildman–Crippen MR) is 110 cm³/mol. The fraction of sp³-hybridized carbons (Fsp3) is 0.350. The quantitative estimate of drug-likeness (QED) is 0.650. The van der Waals surface area contributed by atoms with Crippen molar-refractivity contribution in [2.45, 2.75) is 39.7 Å². The lowest BCUT2D eigenvalue weighted by molar-refractivity contribution is -0.121. The van der Waals surface area contributed by atoms with Gasteiger partial charge in [-0.2, -0.15) is 5.10 Å². The fourth-order valence-electron chi connectivity index (χ4n) is 3.51. The van der Waals surface area contributed by atoms with Crippen LogP contribution in [0.4, 0.5) is 0 Å². The summed E-state index contributed by atoms with van der Waals surface area (Å²) >= 11 is 3.51. The lowest BCUT2D eigenvalue weighted by atomic mass is 10.0. The Labute approximate surface area is 166 Å². The van der Waals surface area contributed by atoms with E-state index < -0.39 is 0 Å². The number of hydrogen-bond donors (Lipinski definition) is 2. The molecule has 2 N–H and O–H groups in total. The normalized spacial score (nSPS) is 12.3. The van der Waals surface area contributed by atoms with Gasteiger partial charge in [0.05, 0.1) is 11.7 Å². The number of carbonyl (C=O) groups excluding carboxylic acids is 1. The number of fused-ring (bicyclic) bond motifs is 1. The van der Waals surface area contributed by atoms with E-state index in [1.165, 1.54) is 0 Å². The minimum atomic E-state index is -0.158. The summed E-state index contributed by atoms with van der Waals surface area (Å²) in [6, 6.07) is 7.69. The molecule has 27 heavy (non-hydrogen) atoms. The molecule has 1 aromatic carbocycles. The highest BCUT2D eigenvalue weighted by Gasteiger charge is 2.17. The van der Waals surface area contributed by atoms with Gasteiger partial charge in [-0.25, -0.2) is 0 Å². The Bertz CT molecular complexity index is 1070. The van der Waals surface area contributed by atoms with Crippen molar-refractivity contribution in [2.75, 3.05) is 0 Å². The molecule has 0 aliphatic carbocycles. The zero-order valence-corrected chi connectivity index (χ0v) is 17.5. The van der Waals surface area contributed by atoms with E-state index in [1.54, 1.807) is 11.7 Å². The highest BCUT2D eigenvalue weighted by molar-refractivity contribution is 9.10. The number of halogens is 1. The Kier molecular flexibility index (Phi) is 5.51. The molecule has 2 heterocycles. The Morgan fingerprint density at radius 3 is 2.74 bits per heavy atom. The summed E-state index contributed by atoms with van der Waals surface area (Å²) in [7, 11) is 1.81. The molecule has 1 amide bonds. The third-order valence-electron chi connectivity index (χ3n) is 4.91. The molecule has 0 spiro atoms. The molecule has 1 atom stereocenters. The number of nitrogens with one attached hydrogen (secondary N) is 2. The topological polar surface area (TPSA) is 79.8 Å². The first-order valence-electron chi connectivity index (χ1n) is 8.88. The molecule has 0 fully saturated rings.